The van der Waals surface area contributed by atoms with Gasteiger partial charge < -0.3 is 15.6 Å². The SMILES string of the molecule is NC(=NCCCc1nc(-c2ccc(F)cc2)no1)Nc1ccccc1. The van der Waals surface area contributed by atoms with Gasteiger partial charge >= 0.3 is 0 Å². The molecular formula is C18H18FN5O. The quantitative estimate of drug-likeness (QED) is 0.409. The molecule has 0 saturated heterocycles. The molecule has 0 aliphatic carbocycles. The van der Waals surface area contributed by atoms with E-state index in [4.69, 9.17) is 10.3 Å². The van der Waals surface area contributed by atoms with Gasteiger partial charge in [-0.1, -0.05) is 23.4 Å². The Labute approximate surface area is 144 Å². The number of hydrogen-bond donors (Lipinski definition) is 2. The molecule has 0 bridgehead atoms. The number of hydrogen-bond acceptors (Lipinski definition) is 4. The lowest BCUT2D eigenvalue weighted by Gasteiger charge is -2.04. The van der Waals surface area contributed by atoms with Crippen LogP contribution in [0.3, 0.4) is 0 Å². The number of aliphatic imine (C=N–C) groups is 1. The van der Waals surface area contributed by atoms with Crippen LogP contribution in [0.15, 0.2) is 64.1 Å². The molecule has 6 nitrogen and oxygen atoms in total. The Hall–Kier alpha value is -3.22. The van der Waals surface area contributed by atoms with Crippen LogP contribution in [-0.2, 0) is 6.42 Å². The van der Waals surface area contributed by atoms with Crippen molar-refractivity contribution in [3.63, 3.8) is 0 Å². The van der Waals surface area contributed by atoms with Gasteiger partial charge in [-0.3, -0.25) is 4.99 Å². The van der Waals surface area contributed by atoms with E-state index < -0.39 is 0 Å². The average molecular weight is 339 g/mol. The molecule has 0 unspecified atom stereocenters. The minimum absolute atomic E-state index is 0.299. The fraction of sp³-hybridized carbons (Fsp3) is 0.167. The van der Waals surface area contributed by atoms with Crippen LogP contribution in [0.2, 0.25) is 0 Å². The normalized spacial score (nSPS) is 11.5. The van der Waals surface area contributed by atoms with Gasteiger partial charge in [-0.25, -0.2) is 4.39 Å². The molecule has 3 N–H and O–H groups in total. The van der Waals surface area contributed by atoms with Crippen molar-refractivity contribution >= 4 is 11.6 Å². The van der Waals surface area contributed by atoms with Crippen molar-refractivity contribution in [1.29, 1.82) is 0 Å². The van der Waals surface area contributed by atoms with Gasteiger partial charge in [0, 0.05) is 24.2 Å². The Kier molecular flexibility index (Phi) is 5.36. The number of guanidine groups is 1. The maximum absolute atomic E-state index is 12.9. The van der Waals surface area contributed by atoms with Gasteiger partial charge in [0.1, 0.15) is 5.82 Å². The van der Waals surface area contributed by atoms with E-state index in [9.17, 15) is 4.39 Å². The zero-order valence-electron chi connectivity index (χ0n) is 13.5. The third-order valence-electron chi connectivity index (χ3n) is 3.45. The molecule has 25 heavy (non-hydrogen) atoms. The summed E-state index contributed by atoms with van der Waals surface area (Å²) in [6.45, 7) is 0.542. The van der Waals surface area contributed by atoms with E-state index in [0.29, 0.717) is 36.2 Å². The zero-order chi connectivity index (χ0) is 17.5. The number of para-hydroxylation sites is 1. The number of benzene rings is 2. The molecule has 0 fully saturated rings. The molecule has 7 heteroatoms. The van der Waals surface area contributed by atoms with Gasteiger partial charge in [0.2, 0.25) is 11.7 Å². The molecule has 3 aromatic rings. The van der Waals surface area contributed by atoms with Gasteiger partial charge in [-0.2, -0.15) is 4.98 Å². The number of aryl methyl sites for hydroxylation is 1. The topological polar surface area (TPSA) is 89.3 Å². The summed E-state index contributed by atoms with van der Waals surface area (Å²) in [5.74, 6) is 1.03. The second-order valence-corrected chi connectivity index (χ2v) is 5.38. The fourth-order valence-corrected chi connectivity index (χ4v) is 2.21. The van der Waals surface area contributed by atoms with Gasteiger partial charge in [0.05, 0.1) is 0 Å². The summed E-state index contributed by atoms with van der Waals surface area (Å²) in [5.41, 5.74) is 7.44. The highest BCUT2D eigenvalue weighted by molar-refractivity contribution is 5.92. The Bertz CT molecular complexity index is 830. The highest BCUT2D eigenvalue weighted by Gasteiger charge is 2.08. The first-order valence-electron chi connectivity index (χ1n) is 7.91. The smallest absolute Gasteiger partial charge is 0.227 e. The van der Waals surface area contributed by atoms with Crippen molar-refractivity contribution in [2.45, 2.75) is 12.8 Å². The summed E-state index contributed by atoms with van der Waals surface area (Å²) < 4.78 is 18.1. The first-order valence-corrected chi connectivity index (χ1v) is 7.91. The molecular weight excluding hydrogens is 321 g/mol. The van der Waals surface area contributed by atoms with Crippen LogP contribution in [-0.4, -0.2) is 22.6 Å². The highest BCUT2D eigenvalue weighted by Crippen LogP contribution is 2.16. The summed E-state index contributed by atoms with van der Waals surface area (Å²) in [5, 5.41) is 6.92. The second-order valence-electron chi connectivity index (χ2n) is 5.38. The summed E-state index contributed by atoms with van der Waals surface area (Å²) >= 11 is 0. The van der Waals surface area contributed by atoms with Crippen LogP contribution >= 0.6 is 0 Å². The third kappa shape index (κ3) is 4.87. The van der Waals surface area contributed by atoms with Gasteiger partial charge in [0.25, 0.3) is 0 Å². The van der Waals surface area contributed by atoms with Crippen molar-refractivity contribution in [1.82, 2.24) is 10.1 Å². The molecule has 3 rings (SSSR count). The third-order valence-corrected chi connectivity index (χ3v) is 3.45. The number of aromatic nitrogens is 2. The van der Waals surface area contributed by atoms with Crippen molar-refractivity contribution in [3.05, 3.63) is 66.3 Å². The molecule has 2 aromatic carbocycles. The average Bonchev–Trinajstić information content (AvgIpc) is 3.09. The molecule has 128 valence electrons. The van der Waals surface area contributed by atoms with E-state index >= 15 is 0 Å². The number of halogens is 1. The Morgan fingerprint density at radius 2 is 1.88 bits per heavy atom. The maximum atomic E-state index is 12.9. The molecule has 1 aromatic heterocycles. The van der Waals surface area contributed by atoms with E-state index in [1.54, 1.807) is 12.1 Å². The van der Waals surface area contributed by atoms with Crippen molar-refractivity contribution in [2.24, 2.45) is 10.7 Å². The maximum Gasteiger partial charge on any atom is 0.227 e. The minimum atomic E-state index is -0.299. The lowest BCUT2D eigenvalue weighted by Crippen LogP contribution is -2.22. The van der Waals surface area contributed by atoms with Gasteiger partial charge in [-0.05, 0) is 42.8 Å². The van der Waals surface area contributed by atoms with E-state index in [-0.39, 0.29) is 5.82 Å². The number of anilines is 1. The molecule has 0 atom stereocenters. The molecule has 0 saturated carbocycles. The second kappa shape index (κ2) is 8.05. The lowest BCUT2D eigenvalue weighted by molar-refractivity contribution is 0.376. The zero-order valence-corrected chi connectivity index (χ0v) is 13.5. The molecule has 0 aliphatic rings. The van der Waals surface area contributed by atoms with Crippen LogP contribution in [0.4, 0.5) is 10.1 Å². The fourth-order valence-electron chi connectivity index (χ4n) is 2.21. The standard InChI is InChI=1S/C18H18FN5O/c19-14-10-8-13(9-11-14)17-23-16(25-24-17)7-4-12-21-18(20)22-15-5-2-1-3-6-15/h1-3,5-6,8-11H,4,7,12H2,(H3,20,21,22). The number of nitrogens with one attached hydrogen (secondary N) is 1. The summed E-state index contributed by atoms with van der Waals surface area (Å²) in [4.78, 5) is 8.56. The molecule has 0 aliphatic heterocycles. The van der Waals surface area contributed by atoms with Crippen molar-refractivity contribution in [2.75, 3.05) is 11.9 Å². The van der Waals surface area contributed by atoms with Crippen LogP contribution in [0, 0.1) is 5.82 Å². The van der Waals surface area contributed by atoms with Crippen molar-refractivity contribution in [3.8, 4) is 11.4 Å². The number of nitrogens with zero attached hydrogens (tertiary/aromatic N) is 3. The molecule has 0 radical (unpaired) electrons. The Balaban J connectivity index is 1.48. The number of rotatable bonds is 6. The highest BCUT2D eigenvalue weighted by atomic mass is 19.1. The predicted octanol–water partition coefficient (Wildman–Crippen LogP) is 3.24. The Morgan fingerprint density at radius 1 is 1.12 bits per heavy atom. The largest absolute Gasteiger partial charge is 0.370 e. The molecule has 1 heterocycles. The summed E-state index contributed by atoms with van der Waals surface area (Å²) in [7, 11) is 0. The van der Waals surface area contributed by atoms with Crippen molar-refractivity contribution < 1.29 is 8.91 Å². The van der Waals surface area contributed by atoms with Crippen LogP contribution in [0.25, 0.3) is 11.4 Å². The lowest BCUT2D eigenvalue weighted by atomic mass is 10.2. The van der Waals surface area contributed by atoms with E-state index in [0.717, 1.165) is 12.1 Å². The van der Waals surface area contributed by atoms with Gasteiger partial charge in [-0.15, -0.1) is 0 Å². The van der Waals surface area contributed by atoms with E-state index in [1.165, 1.54) is 12.1 Å². The predicted molar refractivity (Wildman–Crippen MR) is 94.6 cm³/mol. The van der Waals surface area contributed by atoms with Crippen LogP contribution in [0.5, 0.6) is 0 Å². The summed E-state index contributed by atoms with van der Waals surface area (Å²) in [6.07, 6.45) is 1.32. The van der Waals surface area contributed by atoms with Crippen LogP contribution in [0.1, 0.15) is 12.3 Å². The number of nitrogens with two attached hydrogens (primary N) is 1. The first kappa shape index (κ1) is 16.6. The first-order chi connectivity index (χ1) is 12.2. The minimum Gasteiger partial charge on any atom is -0.370 e. The van der Waals surface area contributed by atoms with Gasteiger partial charge in [0.15, 0.2) is 5.96 Å². The summed E-state index contributed by atoms with van der Waals surface area (Å²) in [6, 6.07) is 15.6. The molecule has 0 spiro atoms. The Morgan fingerprint density at radius 3 is 2.64 bits per heavy atom. The van der Waals surface area contributed by atoms with Crippen LogP contribution < -0.4 is 11.1 Å². The monoisotopic (exact) mass is 339 g/mol. The van der Waals surface area contributed by atoms with E-state index in [2.05, 4.69) is 20.4 Å². The van der Waals surface area contributed by atoms with E-state index in [1.807, 2.05) is 30.3 Å². The molecule has 0 amide bonds.